The van der Waals surface area contributed by atoms with Gasteiger partial charge in [0.15, 0.2) is 11.5 Å². The second-order valence-electron chi connectivity index (χ2n) is 6.68. The SMILES string of the molecule is COC(=O)c1cc(OC)c(OC)cc1NC(=O)CCCc1nc2ccccc2c(=O)[nH]1. The lowest BCUT2D eigenvalue weighted by molar-refractivity contribution is -0.116. The van der Waals surface area contributed by atoms with E-state index in [4.69, 9.17) is 14.2 Å². The van der Waals surface area contributed by atoms with Gasteiger partial charge in [0.05, 0.1) is 43.5 Å². The first kappa shape index (κ1) is 21.8. The lowest BCUT2D eigenvalue weighted by Crippen LogP contribution is -2.16. The second kappa shape index (κ2) is 9.75. The highest BCUT2D eigenvalue weighted by molar-refractivity contribution is 6.02. The van der Waals surface area contributed by atoms with Gasteiger partial charge < -0.3 is 24.5 Å². The number of carbonyl (C=O) groups is 2. The zero-order valence-corrected chi connectivity index (χ0v) is 17.5. The third-order valence-electron chi connectivity index (χ3n) is 4.68. The van der Waals surface area contributed by atoms with Crippen LogP contribution in [-0.2, 0) is 16.0 Å². The van der Waals surface area contributed by atoms with E-state index in [9.17, 15) is 14.4 Å². The highest BCUT2D eigenvalue weighted by Gasteiger charge is 2.19. The Morgan fingerprint density at radius 1 is 1.06 bits per heavy atom. The Labute approximate surface area is 178 Å². The first-order valence-corrected chi connectivity index (χ1v) is 9.59. The molecule has 2 N–H and O–H groups in total. The van der Waals surface area contributed by atoms with E-state index in [0.717, 1.165) is 0 Å². The molecule has 1 aromatic heterocycles. The number of rotatable bonds is 8. The molecule has 0 aliphatic carbocycles. The van der Waals surface area contributed by atoms with Crippen LogP contribution in [0.5, 0.6) is 11.5 Å². The summed E-state index contributed by atoms with van der Waals surface area (Å²) in [5, 5.41) is 3.23. The number of H-pyrrole nitrogens is 1. The van der Waals surface area contributed by atoms with Gasteiger partial charge in [-0.15, -0.1) is 0 Å². The third kappa shape index (κ3) is 5.00. The van der Waals surface area contributed by atoms with E-state index >= 15 is 0 Å². The Balaban J connectivity index is 1.69. The van der Waals surface area contributed by atoms with Crippen LogP contribution in [0.15, 0.2) is 41.2 Å². The zero-order chi connectivity index (χ0) is 22.4. The summed E-state index contributed by atoms with van der Waals surface area (Å²) in [6, 6.07) is 10.0. The van der Waals surface area contributed by atoms with E-state index in [2.05, 4.69) is 15.3 Å². The Kier molecular flexibility index (Phi) is 6.86. The maximum Gasteiger partial charge on any atom is 0.340 e. The summed E-state index contributed by atoms with van der Waals surface area (Å²) in [6.45, 7) is 0. The maximum absolute atomic E-state index is 12.5. The number of para-hydroxylation sites is 1. The number of hydrogen-bond donors (Lipinski definition) is 2. The number of carbonyl (C=O) groups excluding carboxylic acids is 2. The van der Waals surface area contributed by atoms with Crippen LogP contribution in [0.1, 0.15) is 29.0 Å². The van der Waals surface area contributed by atoms with Crippen LogP contribution in [0.4, 0.5) is 5.69 Å². The molecule has 0 unspecified atom stereocenters. The number of hydrogen-bond acceptors (Lipinski definition) is 7. The van der Waals surface area contributed by atoms with Crippen LogP contribution in [0.25, 0.3) is 10.9 Å². The fourth-order valence-electron chi connectivity index (χ4n) is 3.14. The van der Waals surface area contributed by atoms with Crippen LogP contribution in [0.3, 0.4) is 0 Å². The molecule has 0 saturated heterocycles. The number of nitrogens with one attached hydrogen (secondary N) is 2. The van der Waals surface area contributed by atoms with Gasteiger partial charge >= 0.3 is 5.97 Å². The highest BCUT2D eigenvalue weighted by atomic mass is 16.5. The third-order valence-corrected chi connectivity index (χ3v) is 4.68. The lowest BCUT2D eigenvalue weighted by Gasteiger charge is -2.14. The molecule has 3 rings (SSSR count). The molecule has 3 aromatic rings. The molecule has 0 fully saturated rings. The quantitative estimate of drug-likeness (QED) is 0.533. The number of anilines is 1. The van der Waals surface area contributed by atoms with Gasteiger partial charge in [-0.25, -0.2) is 9.78 Å². The van der Waals surface area contributed by atoms with Crippen molar-refractivity contribution in [2.24, 2.45) is 0 Å². The molecular weight excluding hydrogens is 402 g/mol. The summed E-state index contributed by atoms with van der Waals surface area (Å²) in [5.74, 6) is 0.295. The molecule has 0 spiro atoms. The molecule has 2 aromatic carbocycles. The molecule has 9 nitrogen and oxygen atoms in total. The highest BCUT2D eigenvalue weighted by Crippen LogP contribution is 2.33. The van der Waals surface area contributed by atoms with Crippen molar-refractivity contribution in [3.8, 4) is 11.5 Å². The van der Waals surface area contributed by atoms with E-state index in [1.807, 2.05) is 6.07 Å². The van der Waals surface area contributed by atoms with E-state index in [0.29, 0.717) is 41.1 Å². The van der Waals surface area contributed by atoms with Gasteiger partial charge in [-0.3, -0.25) is 9.59 Å². The normalized spacial score (nSPS) is 10.5. The molecule has 0 saturated carbocycles. The number of aromatic nitrogens is 2. The Morgan fingerprint density at radius 2 is 1.77 bits per heavy atom. The molecule has 1 heterocycles. The molecule has 0 atom stereocenters. The lowest BCUT2D eigenvalue weighted by atomic mass is 10.1. The van der Waals surface area contributed by atoms with Crippen molar-refractivity contribution in [3.05, 3.63) is 58.1 Å². The number of nitrogens with zero attached hydrogens (tertiary/aromatic N) is 1. The fraction of sp³-hybridized carbons (Fsp3) is 0.273. The van der Waals surface area contributed by atoms with E-state index in [1.54, 1.807) is 18.2 Å². The number of amides is 1. The van der Waals surface area contributed by atoms with Crippen LogP contribution in [0.2, 0.25) is 0 Å². The summed E-state index contributed by atoms with van der Waals surface area (Å²) in [4.78, 5) is 43.9. The van der Waals surface area contributed by atoms with Crippen molar-refractivity contribution >= 4 is 28.5 Å². The smallest absolute Gasteiger partial charge is 0.340 e. The molecule has 1 amide bonds. The molecule has 0 aliphatic rings. The van der Waals surface area contributed by atoms with Crippen molar-refractivity contribution in [1.82, 2.24) is 9.97 Å². The Bertz CT molecular complexity index is 1170. The second-order valence-corrected chi connectivity index (χ2v) is 6.68. The average molecular weight is 425 g/mol. The van der Waals surface area contributed by atoms with Crippen LogP contribution >= 0.6 is 0 Å². The summed E-state index contributed by atoms with van der Waals surface area (Å²) < 4.78 is 15.2. The number of aromatic amines is 1. The zero-order valence-electron chi connectivity index (χ0n) is 17.5. The van der Waals surface area contributed by atoms with Gasteiger partial charge in [-0.2, -0.15) is 0 Å². The van der Waals surface area contributed by atoms with Crippen molar-refractivity contribution < 1.29 is 23.8 Å². The molecule has 0 radical (unpaired) electrons. The molecule has 31 heavy (non-hydrogen) atoms. The number of ether oxygens (including phenoxy) is 3. The molecule has 9 heteroatoms. The van der Waals surface area contributed by atoms with Crippen molar-refractivity contribution in [2.45, 2.75) is 19.3 Å². The number of benzene rings is 2. The summed E-state index contributed by atoms with van der Waals surface area (Å²) in [7, 11) is 4.16. The van der Waals surface area contributed by atoms with Crippen LogP contribution in [-0.4, -0.2) is 43.2 Å². The van der Waals surface area contributed by atoms with Crippen LogP contribution < -0.4 is 20.3 Å². The minimum Gasteiger partial charge on any atom is -0.493 e. The van der Waals surface area contributed by atoms with Gasteiger partial charge in [0.2, 0.25) is 5.91 Å². The molecule has 162 valence electrons. The maximum atomic E-state index is 12.5. The monoisotopic (exact) mass is 425 g/mol. The summed E-state index contributed by atoms with van der Waals surface area (Å²) in [5.41, 5.74) is 0.803. The van der Waals surface area contributed by atoms with Crippen LogP contribution in [0, 0.1) is 0 Å². The van der Waals surface area contributed by atoms with E-state index in [1.165, 1.54) is 33.5 Å². The number of methoxy groups -OCH3 is 3. The average Bonchev–Trinajstić information content (AvgIpc) is 2.78. The topological polar surface area (TPSA) is 120 Å². The number of fused-ring (bicyclic) bond motifs is 1. The van der Waals surface area contributed by atoms with E-state index in [-0.39, 0.29) is 29.1 Å². The van der Waals surface area contributed by atoms with Gasteiger partial charge in [0, 0.05) is 25.0 Å². The molecule has 0 bridgehead atoms. The van der Waals surface area contributed by atoms with Crippen molar-refractivity contribution in [2.75, 3.05) is 26.6 Å². The predicted octanol–water partition coefficient (Wildman–Crippen LogP) is 2.69. The van der Waals surface area contributed by atoms with Gasteiger partial charge in [0.25, 0.3) is 5.56 Å². The van der Waals surface area contributed by atoms with Gasteiger partial charge in [-0.1, -0.05) is 12.1 Å². The molecular formula is C22H23N3O6. The first-order valence-electron chi connectivity index (χ1n) is 9.59. The van der Waals surface area contributed by atoms with Gasteiger partial charge in [0.1, 0.15) is 5.82 Å². The summed E-state index contributed by atoms with van der Waals surface area (Å²) in [6.07, 6.45) is 1.03. The van der Waals surface area contributed by atoms with E-state index < -0.39 is 5.97 Å². The first-order chi connectivity index (χ1) is 15.0. The predicted molar refractivity (Wildman–Crippen MR) is 115 cm³/mol. The Hall–Kier alpha value is -3.88. The number of aryl methyl sites for hydroxylation is 1. The Morgan fingerprint density at radius 3 is 2.48 bits per heavy atom. The number of esters is 1. The fourth-order valence-corrected chi connectivity index (χ4v) is 3.14. The summed E-state index contributed by atoms with van der Waals surface area (Å²) >= 11 is 0. The molecule has 0 aliphatic heterocycles. The van der Waals surface area contributed by atoms with Crippen molar-refractivity contribution in [3.63, 3.8) is 0 Å². The largest absolute Gasteiger partial charge is 0.493 e. The van der Waals surface area contributed by atoms with Crippen molar-refractivity contribution in [1.29, 1.82) is 0 Å². The standard InChI is InChI=1S/C22H23N3O6/c1-29-17-11-14(22(28)31-3)16(12-18(17)30-2)24-20(26)10-6-9-19-23-15-8-5-4-7-13(15)21(27)25-19/h4-5,7-8,11-12H,6,9-10H2,1-3H3,(H,24,26)(H,23,25,27). The minimum absolute atomic E-state index is 0.147. The minimum atomic E-state index is -0.616. The van der Waals surface area contributed by atoms with Gasteiger partial charge in [-0.05, 0) is 18.6 Å².